The zero-order valence-corrected chi connectivity index (χ0v) is 21.2. The molecule has 0 aliphatic rings. The fourth-order valence-electron chi connectivity index (χ4n) is 2.37. The van der Waals surface area contributed by atoms with E-state index in [-0.39, 0.29) is 25.2 Å². The van der Waals surface area contributed by atoms with Gasteiger partial charge in [-0.15, -0.1) is 0 Å². The molecule has 0 atom stereocenters. The molecule has 0 heterocycles. The summed E-state index contributed by atoms with van der Waals surface area (Å²) < 4.78 is 23.9. The third kappa shape index (κ3) is 10.6. The number of benzene rings is 2. The van der Waals surface area contributed by atoms with Crippen LogP contribution in [0.4, 0.5) is 0 Å². The fraction of sp³-hybridized carbons (Fsp3) is 0.417. The Kier molecular flexibility index (Phi) is 8.79. The van der Waals surface area contributed by atoms with Crippen LogP contribution in [0.25, 0.3) is 0 Å². The van der Waals surface area contributed by atoms with E-state index in [1.807, 2.05) is 90.1 Å². The Morgan fingerprint density at radius 2 is 0.968 bits per heavy atom. The molecular weight excluding hydrogens is 512 g/mol. The molecule has 7 heteroatoms. The van der Waals surface area contributed by atoms with Gasteiger partial charge in [-0.1, -0.05) is 0 Å². The van der Waals surface area contributed by atoms with Crippen molar-refractivity contribution in [2.45, 2.75) is 52.7 Å². The Balaban J connectivity index is 1.81. The second kappa shape index (κ2) is 10.9. The van der Waals surface area contributed by atoms with E-state index in [0.29, 0.717) is 11.5 Å². The molecular formula is C24H30O6Te. The van der Waals surface area contributed by atoms with Crippen LogP contribution in [0, 0.1) is 0 Å². The van der Waals surface area contributed by atoms with Gasteiger partial charge in [0.25, 0.3) is 0 Å². The third-order valence-electron chi connectivity index (χ3n) is 3.44. The minimum absolute atomic E-state index is 0.113. The van der Waals surface area contributed by atoms with Gasteiger partial charge in [-0.25, -0.2) is 0 Å². The van der Waals surface area contributed by atoms with Crippen LogP contribution in [-0.4, -0.2) is 57.3 Å². The molecule has 0 aliphatic heterocycles. The summed E-state index contributed by atoms with van der Waals surface area (Å²) in [5.41, 5.74) is -1.04. The first kappa shape index (κ1) is 25.0. The Labute approximate surface area is 194 Å². The first-order valence-electron chi connectivity index (χ1n) is 9.97. The van der Waals surface area contributed by atoms with Crippen LogP contribution in [0.5, 0.6) is 11.5 Å². The molecule has 31 heavy (non-hydrogen) atoms. The Bertz CT molecular complexity index is 787. The molecule has 6 nitrogen and oxygen atoms in total. The molecule has 0 spiro atoms. The summed E-state index contributed by atoms with van der Waals surface area (Å²) in [7, 11) is 0. The Morgan fingerprint density at radius 3 is 1.26 bits per heavy atom. The van der Waals surface area contributed by atoms with E-state index in [9.17, 15) is 9.59 Å². The van der Waals surface area contributed by atoms with Crippen molar-refractivity contribution in [3.8, 4) is 11.5 Å². The second-order valence-corrected chi connectivity index (χ2v) is 12.1. The van der Waals surface area contributed by atoms with Crippen molar-refractivity contribution < 1.29 is 28.5 Å². The van der Waals surface area contributed by atoms with Crippen molar-refractivity contribution in [2.75, 3.05) is 13.2 Å². The Hall–Kier alpha value is -2.23. The van der Waals surface area contributed by atoms with Gasteiger partial charge in [-0.3, -0.25) is 0 Å². The van der Waals surface area contributed by atoms with Gasteiger partial charge in [0.05, 0.1) is 0 Å². The molecule has 0 fully saturated rings. The van der Waals surface area contributed by atoms with Crippen LogP contribution < -0.4 is 16.7 Å². The number of hydrogen-bond acceptors (Lipinski definition) is 6. The maximum absolute atomic E-state index is 11.7. The quantitative estimate of drug-likeness (QED) is 0.378. The van der Waals surface area contributed by atoms with Crippen LogP contribution in [0.1, 0.15) is 41.5 Å². The summed E-state index contributed by atoms with van der Waals surface area (Å²) in [6, 6.07) is 15.5. The van der Waals surface area contributed by atoms with Gasteiger partial charge in [0.1, 0.15) is 0 Å². The topological polar surface area (TPSA) is 71.1 Å². The molecule has 0 amide bonds. The van der Waals surface area contributed by atoms with E-state index in [4.69, 9.17) is 18.9 Å². The van der Waals surface area contributed by atoms with E-state index in [1.54, 1.807) is 0 Å². The number of carbonyl (C=O) groups excluding carboxylic acids is 2. The zero-order valence-electron chi connectivity index (χ0n) is 18.9. The molecule has 0 unspecified atom stereocenters. The van der Waals surface area contributed by atoms with Crippen molar-refractivity contribution in [3.05, 3.63) is 48.5 Å². The first-order valence-corrected chi connectivity index (χ1v) is 12.3. The number of carbonyl (C=O) groups is 2. The first-order chi connectivity index (χ1) is 14.4. The van der Waals surface area contributed by atoms with Crippen LogP contribution in [0.3, 0.4) is 0 Å². The Morgan fingerprint density at radius 1 is 0.645 bits per heavy atom. The van der Waals surface area contributed by atoms with Crippen LogP contribution in [0.15, 0.2) is 48.5 Å². The van der Waals surface area contributed by atoms with Crippen molar-refractivity contribution >= 4 is 40.1 Å². The van der Waals surface area contributed by atoms with Crippen molar-refractivity contribution in [3.63, 3.8) is 0 Å². The average molecular weight is 542 g/mol. The summed E-state index contributed by atoms with van der Waals surface area (Å²) >= 11 is -0.576. The number of rotatable bonds is 8. The van der Waals surface area contributed by atoms with Gasteiger partial charge in [-0.2, -0.15) is 0 Å². The summed E-state index contributed by atoms with van der Waals surface area (Å²) in [5.74, 6) is 0.486. The van der Waals surface area contributed by atoms with Gasteiger partial charge in [0.15, 0.2) is 0 Å². The molecule has 2 aromatic rings. The molecule has 2 aromatic carbocycles. The number of hydrogen-bond donors (Lipinski definition) is 0. The summed E-state index contributed by atoms with van der Waals surface area (Å²) in [5, 5.41) is 0. The normalized spacial score (nSPS) is 11.5. The molecule has 0 N–H and O–H groups in total. The van der Waals surface area contributed by atoms with E-state index < -0.39 is 32.1 Å². The number of esters is 2. The molecule has 2 rings (SSSR count). The van der Waals surface area contributed by atoms with Crippen LogP contribution in [-0.2, 0) is 19.1 Å². The van der Waals surface area contributed by atoms with E-state index >= 15 is 0 Å². The number of ether oxygens (including phenoxy) is 4. The molecule has 0 bridgehead atoms. The molecule has 0 aliphatic carbocycles. The van der Waals surface area contributed by atoms with Crippen molar-refractivity contribution in [1.82, 2.24) is 0 Å². The van der Waals surface area contributed by atoms with E-state index in [1.165, 1.54) is 7.22 Å². The fourth-order valence-corrected chi connectivity index (χ4v) is 4.70. The summed E-state index contributed by atoms with van der Waals surface area (Å²) in [6.45, 7) is 10.7. The SMILES string of the molecule is CC(C)(C)OC(=O)COc1ccc([Te]c2ccc(OCC(=O)OC(C)(C)C)cc2)cc1. The van der Waals surface area contributed by atoms with Gasteiger partial charge >= 0.3 is 195 Å². The third-order valence-corrected chi connectivity index (χ3v) is 6.34. The van der Waals surface area contributed by atoms with Crippen LogP contribution >= 0.6 is 0 Å². The van der Waals surface area contributed by atoms with Gasteiger partial charge in [0.2, 0.25) is 0 Å². The van der Waals surface area contributed by atoms with Gasteiger partial charge in [0, 0.05) is 0 Å². The predicted molar refractivity (Wildman–Crippen MR) is 121 cm³/mol. The average Bonchev–Trinajstić information content (AvgIpc) is 2.64. The molecule has 168 valence electrons. The maximum atomic E-state index is 11.7. The van der Waals surface area contributed by atoms with Crippen LogP contribution in [0.2, 0.25) is 0 Å². The molecule has 0 aromatic heterocycles. The van der Waals surface area contributed by atoms with Gasteiger partial charge in [-0.05, 0) is 0 Å². The summed E-state index contributed by atoms with van der Waals surface area (Å²) in [4.78, 5) is 23.5. The molecule has 0 saturated carbocycles. The zero-order chi connectivity index (χ0) is 23.1. The minimum atomic E-state index is -0.576. The molecule has 0 radical (unpaired) electrons. The van der Waals surface area contributed by atoms with E-state index in [2.05, 4.69) is 0 Å². The van der Waals surface area contributed by atoms with E-state index in [0.717, 1.165) is 0 Å². The standard InChI is InChI=1S/C24H30O6Te/c1-23(2,3)29-21(25)15-27-17-7-11-19(12-8-17)31-20-13-9-18(10-14-20)28-16-22(26)30-24(4,5)6/h7-14H,15-16H2,1-6H3. The van der Waals surface area contributed by atoms with Gasteiger partial charge < -0.3 is 0 Å². The predicted octanol–water partition coefficient (Wildman–Crippen LogP) is 2.78. The summed E-state index contributed by atoms with van der Waals surface area (Å²) in [6.07, 6.45) is 0. The monoisotopic (exact) mass is 544 g/mol. The van der Waals surface area contributed by atoms with Crippen molar-refractivity contribution in [2.24, 2.45) is 0 Å². The molecule has 0 saturated heterocycles. The second-order valence-electron chi connectivity index (χ2n) is 8.80. The van der Waals surface area contributed by atoms with Crippen molar-refractivity contribution in [1.29, 1.82) is 0 Å².